The maximum atomic E-state index is 5.73. The van der Waals surface area contributed by atoms with E-state index in [0.29, 0.717) is 16.2 Å². The molecule has 0 amide bonds. The smallest absolute Gasteiger partial charge is 0.142 e. The van der Waals surface area contributed by atoms with Crippen LogP contribution in [-0.4, -0.2) is 80.3 Å². The van der Waals surface area contributed by atoms with Crippen LogP contribution in [0, 0.1) is 11.8 Å². The van der Waals surface area contributed by atoms with Gasteiger partial charge in [-0.05, 0) is 43.4 Å². The summed E-state index contributed by atoms with van der Waals surface area (Å²) in [5.41, 5.74) is 2.55. The molecule has 0 aromatic carbocycles. The minimum atomic E-state index is 0.327. The number of nitrogens with one attached hydrogen (secondary N) is 5. The number of aromatic nitrogens is 6. The van der Waals surface area contributed by atoms with Crippen molar-refractivity contribution in [1.29, 1.82) is 0 Å². The Kier molecular flexibility index (Phi) is 6.52. The summed E-state index contributed by atoms with van der Waals surface area (Å²) in [4.78, 5) is 25.0. The van der Waals surface area contributed by atoms with Crippen LogP contribution in [0.4, 0.5) is 5.82 Å². The Morgan fingerprint density at radius 3 is 2.08 bits per heavy atom. The van der Waals surface area contributed by atoms with Gasteiger partial charge in [-0.2, -0.15) is 0 Å². The van der Waals surface area contributed by atoms with Crippen molar-refractivity contribution in [2.75, 3.05) is 44.2 Å². The molecule has 4 atom stereocenters. The molecule has 2 spiro atoms. The lowest BCUT2D eigenvalue weighted by Crippen LogP contribution is -2.65. The fourth-order valence-electron chi connectivity index (χ4n) is 5.98. The van der Waals surface area contributed by atoms with Crippen molar-refractivity contribution in [3.8, 4) is 0 Å². The molecule has 37 heavy (non-hydrogen) atoms. The van der Waals surface area contributed by atoms with Crippen LogP contribution in [0.5, 0.6) is 0 Å². The molecule has 8 heterocycles. The Bertz CT molecular complexity index is 1360. The summed E-state index contributed by atoms with van der Waals surface area (Å²) in [6, 6.07) is 3.91. The van der Waals surface area contributed by atoms with Gasteiger partial charge in [0.1, 0.15) is 34.9 Å². The van der Waals surface area contributed by atoms with Gasteiger partial charge in [0.25, 0.3) is 0 Å². The van der Waals surface area contributed by atoms with Gasteiger partial charge in [0.05, 0.1) is 10.8 Å². The minimum Gasteiger partial charge on any atom is -0.354 e. The number of halogens is 1. The van der Waals surface area contributed by atoms with Gasteiger partial charge in [0, 0.05) is 56.2 Å². The van der Waals surface area contributed by atoms with E-state index in [1.807, 2.05) is 12.3 Å². The number of anilines is 1. The molecule has 5 N–H and O–H groups in total. The zero-order valence-electron chi connectivity index (χ0n) is 21.4. The van der Waals surface area contributed by atoms with Crippen molar-refractivity contribution >= 4 is 39.5 Å². The molecule has 8 rings (SSSR count). The van der Waals surface area contributed by atoms with Gasteiger partial charge in [-0.25, -0.2) is 19.9 Å². The number of nitrogens with zero attached hydrogens (tertiary/aromatic N) is 5. The van der Waals surface area contributed by atoms with Crippen molar-refractivity contribution in [3.05, 3.63) is 42.3 Å². The second-order valence-electron chi connectivity index (χ2n) is 10.8. The summed E-state index contributed by atoms with van der Waals surface area (Å²) in [6.07, 6.45) is 9.33. The van der Waals surface area contributed by atoms with Crippen LogP contribution in [0.25, 0.3) is 22.1 Å². The Morgan fingerprint density at radius 2 is 1.54 bits per heavy atom. The predicted octanol–water partition coefficient (Wildman–Crippen LogP) is 2.72. The zero-order valence-corrected chi connectivity index (χ0v) is 22.1. The van der Waals surface area contributed by atoms with E-state index in [1.54, 1.807) is 12.5 Å². The summed E-state index contributed by atoms with van der Waals surface area (Å²) in [6.45, 7) is 11.6. The van der Waals surface area contributed by atoms with Crippen molar-refractivity contribution < 1.29 is 0 Å². The first-order chi connectivity index (χ1) is 18.0. The molecule has 4 aromatic heterocycles. The molecule has 11 heteroatoms. The van der Waals surface area contributed by atoms with E-state index in [9.17, 15) is 0 Å². The highest BCUT2D eigenvalue weighted by atomic mass is 35.5. The van der Waals surface area contributed by atoms with Crippen LogP contribution >= 0.6 is 11.6 Å². The summed E-state index contributed by atoms with van der Waals surface area (Å²) >= 11 is 5.73. The molecule has 4 saturated heterocycles. The number of rotatable bonds is 1. The third-order valence-electron chi connectivity index (χ3n) is 8.83. The Morgan fingerprint density at radius 1 is 0.865 bits per heavy atom. The van der Waals surface area contributed by atoms with E-state index in [-0.39, 0.29) is 0 Å². The molecular formula is C26H35ClN10. The van der Waals surface area contributed by atoms with Crippen LogP contribution in [0.1, 0.15) is 26.7 Å². The van der Waals surface area contributed by atoms with Crippen LogP contribution in [0.3, 0.4) is 0 Å². The molecule has 0 unspecified atom stereocenters. The fraction of sp³-hybridized carbons (Fsp3) is 0.538. The van der Waals surface area contributed by atoms with Crippen LogP contribution in [0.15, 0.2) is 37.2 Å². The van der Waals surface area contributed by atoms with Gasteiger partial charge in [-0.1, -0.05) is 25.4 Å². The number of H-pyrrole nitrogens is 2. The van der Waals surface area contributed by atoms with Crippen LogP contribution < -0.4 is 20.9 Å². The normalized spacial score (nSPS) is 30.1. The second-order valence-corrected chi connectivity index (χ2v) is 11.2. The highest BCUT2D eigenvalue weighted by Crippen LogP contribution is 2.38. The molecule has 4 aliphatic rings. The Hall–Kier alpha value is -2.79. The average molecular weight is 523 g/mol. The maximum Gasteiger partial charge on any atom is 0.142 e. The van der Waals surface area contributed by atoms with Crippen LogP contribution in [0.2, 0.25) is 5.15 Å². The van der Waals surface area contributed by atoms with E-state index >= 15 is 0 Å². The number of aromatic amines is 2. The molecule has 0 saturated carbocycles. The third kappa shape index (κ3) is 4.46. The molecule has 196 valence electrons. The first kappa shape index (κ1) is 24.5. The lowest BCUT2D eigenvalue weighted by molar-refractivity contribution is 0.136. The monoisotopic (exact) mass is 522 g/mol. The summed E-state index contributed by atoms with van der Waals surface area (Å²) < 4.78 is 0. The molecule has 0 radical (unpaired) electrons. The van der Waals surface area contributed by atoms with Gasteiger partial charge in [0.2, 0.25) is 0 Å². The third-order valence-corrected chi connectivity index (χ3v) is 9.14. The fourth-order valence-corrected chi connectivity index (χ4v) is 6.18. The highest BCUT2D eigenvalue weighted by Gasteiger charge is 2.48. The van der Waals surface area contributed by atoms with Crippen molar-refractivity contribution in [1.82, 2.24) is 45.9 Å². The Labute approximate surface area is 221 Å². The standard InChI is InChI=1S/C13H17N5.C7H14N2.C6H4ClN3/c1-9-6-17-13(9)3-5-18(7-13)12-10-2-4-14-11(10)15-8-16-12;1-6-4-9-7(6)2-3-8-5-7;7-5-4-1-2-8-6(4)10-3-9-5/h2,4,8-9,17H,3,5-7H2,1H3,(H,14,15,16);6,8-9H,2-5H2,1H3;1-3H,(H,8,9,10)/t9-,13-;6-,7-;/m00./s1. The average Bonchev–Trinajstić information content (AvgIpc) is 3.73. The zero-order chi connectivity index (χ0) is 25.5. The second kappa shape index (κ2) is 9.83. The van der Waals surface area contributed by atoms with E-state index in [1.165, 1.54) is 38.8 Å². The minimum absolute atomic E-state index is 0.327. The molecular weight excluding hydrogens is 488 g/mol. The number of hydrogen-bond donors (Lipinski definition) is 5. The first-order valence-electron chi connectivity index (χ1n) is 13.2. The predicted molar refractivity (Wildman–Crippen MR) is 147 cm³/mol. The van der Waals surface area contributed by atoms with Gasteiger partial charge in [0.15, 0.2) is 0 Å². The highest BCUT2D eigenvalue weighted by molar-refractivity contribution is 6.33. The molecule has 4 aliphatic heterocycles. The van der Waals surface area contributed by atoms with Crippen molar-refractivity contribution in [2.45, 2.75) is 37.8 Å². The van der Waals surface area contributed by atoms with Crippen LogP contribution in [-0.2, 0) is 0 Å². The summed E-state index contributed by atoms with van der Waals surface area (Å²) in [5, 5.41) is 13.0. The molecule has 4 aromatic rings. The number of fused-ring (bicyclic) bond motifs is 2. The van der Waals surface area contributed by atoms with Crippen molar-refractivity contribution in [3.63, 3.8) is 0 Å². The van der Waals surface area contributed by atoms with E-state index < -0.39 is 0 Å². The quantitative estimate of drug-likeness (QED) is 0.242. The molecule has 0 aliphatic carbocycles. The molecule has 10 nitrogen and oxygen atoms in total. The lowest BCUT2D eigenvalue weighted by atomic mass is 9.77. The first-order valence-corrected chi connectivity index (χ1v) is 13.5. The molecule has 4 fully saturated rings. The Balaban J connectivity index is 0.000000112. The van der Waals surface area contributed by atoms with Crippen molar-refractivity contribution in [2.24, 2.45) is 11.8 Å². The maximum absolute atomic E-state index is 5.73. The van der Waals surface area contributed by atoms with Gasteiger partial charge in [-0.3, -0.25) is 0 Å². The van der Waals surface area contributed by atoms with E-state index in [2.05, 4.69) is 70.7 Å². The van der Waals surface area contributed by atoms with Gasteiger partial charge in [-0.15, -0.1) is 0 Å². The molecule has 0 bridgehead atoms. The number of hydrogen-bond acceptors (Lipinski definition) is 8. The largest absolute Gasteiger partial charge is 0.354 e. The lowest BCUT2D eigenvalue weighted by Gasteiger charge is -2.46. The van der Waals surface area contributed by atoms with E-state index in [4.69, 9.17) is 11.6 Å². The van der Waals surface area contributed by atoms with E-state index in [0.717, 1.165) is 59.4 Å². The van der Waals surface area contributed by atoms with Gasteiger partial charge < -0.3 is 30.8 Å². The SMILES string of the molecule is C[C@H]1CN[C@]12CCN(c1ncnc3[nH]ccc13)C2.C[C@H]1CN[C@]12CCNC2.Clc1ncnc2[nH]ccc12. The summed E-state index contributed by atoms with van der Waals surface area (Å²) in [7, 11) is 0. The topological polar surface area (TPSA) is 122 Å². The summed E-state index contributed by atoms with van der Waals surface area (Å²) in [5.74, 6) is 2.73. The van der Waals surface area contributed by atoms with Gasteiger partial charge >= 0.3 is 0 Å².